The summed E-state index contributed by atoms with van der Waals surface area (Å²) in [6, 6.07) is 9.20. The van der Waals surface area contributed by atoms with Gasteiger partial charge in [0.2, 0.25) is 0 Å². The van der Waals surface area contributed by atoms with Crippen LogP contribution < -0.4 is 5.63 Å². The molecule has 0 spiro atoms. The maximum absolute atomic E-state index is 11.7. The van der Waals surface area contributed by atoms with E-state index in [1.807, 2.05) is 0 Å². The van der Waals surface area contributed by atoms with E-state index >= 15 is 0 Å². The molecule has 3 aromatic rings. The van der Waals surface area contributed by atoms with Gasteiger partial charge in [0.05, 0.1) is 10.8 Å². The van der Waals surface area contributed by atoms with Crippen molar-refractivity contribution in [1.82, 2.24) is 0 Å². The highest BCUT2D eigenvalue weighted by Crippen LogP contribution is 2.34. The lowest BCUT2D eigenvalue weighted by Gasteiger charge is -2.05. The summed E-state index contributed by atoms with van der Waals surface area (Å²) in [5, 5.41) is 20.6. The van der Waals surface area contributed by atoms with Crippen LogP contribution in [-0.2, 0) is 0 Å². The van der Waals surface area contributed by atoms with Crippen LogP contribution in [0.3, 0.4) is 0 Å². The number of phenolic OH excluding ortho intramolecular Hbond substituents is 2. The van der Waals surface area contributed by atoms with Gasteiger partial charge < -0.3 is 14.6 Å². The molecule has 84 valence electrons. The van der Waals surface area contributed by atoms with E-state index in [9.17, 15) is 15.0 Å². The average Bonchev–Trinajstić information content (AvgIpc) is 2.30. The second kappa shape index (κ2) is 3.25. The zero-order chi connectivity index (χ0) is 12.0. The average molecular weight is 228 g/mol. The molecule has 0 aliphatic rings. The summed E-state index contributed by atoms with van der Waals surface area (Å²) >= 11 is 0. The summed E-state index contributed by atoms with van der Waals surface area (Å²) in [5.74, 6) is -0.0837. The van der Waals surface area contributed by atoms with Gasteiger partial charge in [0.25, 0.3) is 0 Å². The van der Waals surface area contributed by atoms with E-state index in [4.69, 9.17) is 4.42 Å². The van der Waals surface area contributed by atoms with Crippen LogP contribution in [0.25, 0.3) is 21.7 Å². The number of aromatic hydroxyl groups is 2. The van der Waals surface area contributed by atoms with Crippen molar-refractivity contribution in [2.75, 3.05) is 0 Å². The number of hydrogen-bond donors (Lipinski definition) is 2. The smallest absolute Gasteiger partial charge is 0.344 e. The Kier molecular flexibility index (Phi) is 1.86. The lowest BCUT2D eigenvalue weighted by Crippen LogP contribution is -1.99. The van der Waals surface area contributed by atoms with E-state index in [0.29, 0.717) is 10.8 Å². The number of benzene rings is 2. The highest BCUT2D eigenvalue weighted by molar-refractivity contribution is 6.10. The molecular formula is C13H8O4. The summed E-state index contributed by atoms with van der Waals surface area (Å²) in [6.45, 7) is 0. The van der Waals surface area contributed by atoms with E-state index in [-0.39, 0.29) is 22.5 Å². The summed E-state index contributed by atoms with van der Waals surface area (Å²) in [5.41, 5.74) is -0.280. The Labute approximate surface area is 95.3 Å². The van der Waals surface area contributed by atoms with E-state index < -0.39 is 5.63 Å². The maximum Gasteiger partial charge on any atom is 0.344 e. The fourth-order valence-corrected chi connectivity index (χ4v) is 1.98. The van der Waals surface area contributed by atoms with Gasteiger partial charge >= 0.3 is 5.63 Å². The monoisotopic (exact) mass is 228 g/mol. The molecule has 1 heterocycles. The number of hydrogen-bond acceptors (Lipinski definition) is 4. The molecule has 0 fully saturated rings. The molecule has 2 N–H and O–H groups in total. The molecule has 4 nitrogen and oxygen atoms in total. The van der Waals surface area contributed by atoms with Crippen LogP contribution in [0.15, 0.2) is 45.6 Å². The van der Waals surface area contributed by atoms with Gasteiger partial charge in [-0.05, 0) is 24.3 Å². The second-order valence-corrected chi connectivity index (χ2v) is 3.74. The first kappa shape index (κ1) is 9.72. The molecule has 0 atom stereocenters. The van der Waals surface area contributed by atoms with Crippen molar-refractivity contribution in [2.45, 2.75) is 0 Å². The van der Waals surface area contributed by atoms with Gasteiger partial charge in [-0.15, -0.1) is 0 Å². The molecule has 0 amide bonds. The lowest BCUT2D eigenvalue weighted by atomic mass is 10.1. The van der Waals surface area contributed by atoms with Crippen LogP contribution in [0.4, 0.5) is 0 Å². The molecule has 0 saturated carbocycles. The Bertz CT molecular complexity index is 786. The van der Waals surface area contributed by atoms with Crippen LogP contribution in [-0.4, -0.2) is 10.2 Å². The van der Waals surface area contributed by atoms with Crippen LogP contribution in [0, 0.1) is 0 Å². The standard InChI is InChI=1S/C13H8O4/c14-8-4-1-3-7-11(8)12-9(15)5-2-6-10(12)17-13(7)16/h1-6,14-15H. The molecule has 0 bridgehead atoms. The zero-order valence-corrected chi connectivity index (χ0v) is 8.68. The highest BCUT2D eigenvalue weighted by Gasteiger charge is 2.13. The lowest BCUT2D eigenvalue weighted by molar-refractivity contribution is 0.474. The van der Waals surface area contributed by atoms with Gasteiger partial charge in [-0.25, -0.2) is 4.79 Å². The summed E-state index contributed by atoms with van der Waals surface area (Å²) in [6.07, 6.45) is 0. The third-order valence-corrected chi connectivity index (χ3v) is 2.72. The van der Waals surface area contributed by atoms with Gasteiger partial charge in [-0.2, -0.15) is 0 Å². The summed E-state index contributed by atoms with van der Waals surface area (Å²) < 4.78 is 5.08. The minimum absolute atomic E-state index is 0.0299. The normalized spacial score (nSPS) is 11.1. The Morgan fingerprint density at radius 1 is 0.882 bits per heavy atom. The number of rotatable bonds is 0. The van der Waals surface area contributed by atoms with Crippen LogP contribution in [0.1, 0.15) is 0 Å². The van der Waals surface area contributed by atoms with Gasteiger partial charge in [-0.1, -0.05) is 12.1 Å². The molecule has 2 aromatic carbocycles. The molecule has 0 aliphatic heterocycles. The molecule has 0 aliphatic carbocycles. The third-order valence-electron chi connectivity index (χ3n) is 2.72. The number of phenols is 2. The van der Waals surface area contributed by atoms with Crippen molar-refractivity contribution in [3.8, 4) is 11.5 Å². The highest BCUT2D eigenvalue weighted by atomic mass is 16.4. The second-order valence-electron chi connectivity index (χ2n) is 3.74. The Morgan fingerprint density at radius 2 is 1.53 bits per heavy atom. The van der Waals surface area contributed by atoms with Crippen molar-refractivity contribution in [3.05, 3.63) is 46.8 Å². The third kappa shape index (κ3) is 1.27. The van der Waals surface area contributed by atoms with E-state index in [1.54, 1.807) is 24.3 Å². The molecule has 17 heavy (non-hydrogen) atoms. The van der Waals surface area contributed by atoms with Gasteiger partial charge in [0.15, 0.2) is 0 Å². The largest absolute Gasteiger partial charge is 0.507 e. The maximum atomic E-state index is 11.7. The first-order valence-corrected chi connectivity index (χ1v) is 5.05. The molecule has 0 saturated heterocycles. The fraction of sp³-hybridized carbons (Fsp3) is 0. The summed E-state index contributed by atoms with van der Waals surface area (Å²) in [4.78, 5) is 11.7. The molecule has 1 aromatic heterocycles. The van der Waals surface area contributed by atoms with E-state index in [0.717, 1.165) is 0 Å². The van der Waals surface area contributed by atoms with Crippen LogP contribution >= 0.6 is 0 Å². The predicted molar refractivity (Wildman–Crippen MR) is 63.3 cm³/mol. The topological polar surface area (TPSA) is 70.7 Å². The quantitative estimate of drug-likeness (QED) is 0.457. The number of fused-ring (bicyclic) bond motifs is 3. The summed E-state index contributed by atoms with van der Waals surface area (Å²) in [7, 11) is 0. The SMILES string of the molecule is O=c1oc2cccc(O)c2c2c(O)cccc12. The molecule has 0 unspecified atom stereocenters. The first-order valence-electron chi connectivity index (χ1n) is 5.05. The van der Waals surface area contributed by atoms with Crippen molar-refractivity contribution >= 4 is 21.7 Å². The molecule has 3 rings (SSSR count). The minimum Gasteiger partial charge on any atom is -0.507 e. The van der Waals surface area contributed by atoms with Crippen molar-refractivity contribution in [3.63, 3.8) is 0 Å². The molecule has 0 radical (unpaired) electrons. The molecule has 4 heteroatoms. The van der Waals surface area contributed by atoms with Gasteiger partial charge in [0.1, 0.15) is 17.1 Å². The van der Waals surface area contributed by atoms with Gasteiger partial charge in [-0.3, -0.25) is 0 Å². The Hall–Kier alpha value is -2.49. The zero-order valence-electron chi connectivity index (χ0n) is 8.68. The van der Waals surface area contributed by atoms with E-state index in [1.165, 1.54) is 12.1 Å². The fourth-order valence-electron chi connectivity index (χ4n) is 1.98. The van der Waals surface area contributed by atoms with Crippen LogP contribution in [0.5, 0.6) is 11.5 Å². The van der Waals surface area contributed by atoms with Crippen molar-refractivity contribution in [1.29, 1.82) is 0 Å². The predicted octanol–water partition coefficient (Wildman–Crippen LogP) is 2.36. The molecular weight excluding hydrogens is 220 g/mol. The van der Waals surface area contributed by atoms with Gasteiger partial charge in [0, 0.05) is 5.39 Å². The minimum atomic E-state index is -0.533. The van der Waals surface area contributed by atoms with Crippen molar-refractivity contribution < 1.29 is 14.6 Å². The Balaban J connectivity index is 2.76. The first-order chi connectivity index (χ1) is 8.18. The van der Waals surface area contributed by atoms with E-state index in [2.05, 4.69) is 0 Å². The van der Waals surface area contributed by atoms with Crippen LogP contribution in [0.2, 0.25) is 0 Å². The Morgan fingerprint density at radius 3 is 2.29 bits per heavy atom. The van der Waals surface area contributed by atoms with Crippen molar-refractivity contribution in [2.24, 2.45) is 0 Å².